The van der Waals surface area contributed by atoms with Crippen LogP contribution in [0.4, 0.5) is 11.4 Å². The molecule has 0 bridgehead atoms. The van der Waals surface area contributed by atoms with Gasteiger partial charge in [-0.25, -0.2) is 0 Å². The highest BCUT2D eigenvalue weighted by molar-refractivity contribution is 14.1. The number of methoxy groups -OCH3 is 1. The molecular formula is C8H7BrIN3O3S. The van der Waals surface area contributed by atoms with Gasteiger partial charge in [0.1, 0.15) is 5.69 Å². The Morgan fingerprint density at radius 2 is 2.35 bits per heavy atom. The Hall–Kier alpha value is -0.680. The standard InChI is InChI=1S/C8H7BrIN3O3S/c1-16-7-3(9)2-4(10)5(12-8(11)17)6(7)13(14)15/h2H,1H3,(H3,11,12,17). The Bertz CT molecular complexity index is 497. The van der Waals surface area contributed by atoms with E-state index in [1.165, 1.54) is 7.11 Å². The van der Waals surface area contributed by atoms with Gasteiger partial charge in [-0.05, 0) is 56.8 Å². The summed E-state index contributed by atoms with van der Waals surface area (Å²) in [6.45, 7) is 0. The zero-order valence-electron chi connectivity index (χ0n) is 8.49. The van der Waals surface area contributed by atoms with Crippen LogP contribution >= 0.6 is 50.7 Å². The molecule has 9 heteroatoms. The molecular weight excluding hydrogens is 425 g/mol. The molecule has 1 rings (SSSR count). The first kappa shape index (κ1) is 14.4. The molecule has 3 N–H and O–H groups in total. The molecule has 0 aliphatic heterocycles. The van der Waals surface area contributed by atoms with Gasteiger partial charge >= 0.3 is 5.69 Å². The summed E-state index contributed by atoms with van der Waals surface area (Å²) in [6, 6.07) is 1.67. The number of nitrogens with zero attached hydrogens (tertiary/aromatic N) is 1. The van der Waals surface area contributed by atoms with Gasteiger partial charge in [0.15, 0.2) is 5.11 Å². The predicted molar refractivity (Wildman–Crippen MR) is 80.5 cm³/mol. The Labute approximate surface area is 124 Å². The first-order chi connectivity index (χ1) is 7.88. The van der Waals surface area contributed by atoms with Gasteiger partial charge < -0.3 is 15.8 Å². The summed E-state index contributed by atoms with van der Waals surface area (Å²) >= 11 is 9.83. The highest BCUT2D eigenvalue weighted by Gasteiger charge is 2.26. The minimum Gasteiger partial charge on any atom is -0.489 e. The fourth-order valence-corrected chi connectivity index (χ4v) is 3.01. The maximum absolute atomic E-state index is 11.1. The van der Waals surface area contributed by atoms with Crippen LogP contribution in [-0.4, -0.2) is 17.1 Å². The van der Waals surface area contributed by atoms with Crippen molar-refractivity contribution in [3.05, 3.63) is 24.2 Å². The Kier molecular flexibility index (Phi) is 4.89. The first-order valence-corrected chi connectivity index (χ1v) is 6.43. The van der Waals surface area contributed by atoms with Crippen molar-refractivity contribution in [3.63, 3.8) is 0 Å². The number of thiocarbonyl (C=S) groups is 1. The Balaban J connectivity index is 3.55. The van der Waals surface area contributed by atoms with E-state index in [9.17, 15) is 10.1 Å². The van der Waals surface area contributed by atoms with E-state index >= 15 is 0 Å². The van der Waals surface area contributed by atoms with Gasteiger partial charge in [0.2, 0.25) is 5.75 Å². The molecule has 0 saturated heterocycles. The third-order valence-corrected chi connectivity index (χ3v) is 3.34. The van der Waals surface area contributed by atoms with E-state index in [0.29, 0.717) is 8.04 Å². The van der Waals surface area contributed by atoms with Gasteiger partial charge in [0.25, 0.3) is 0 Å². The minimum absolute atomic E-state index is 0.0459. The third kappa shape index (κ3) is 3.16. The predicted octanol–water partition coefficient (Wildman–Crippen LogP) is 2.63. The second-order valence-electron chi connectivity index (χ2n) is 2.84. The summed E-state index contributed by atoms with van der Waals surface area (Å²) in [7, 11) is 1.35. The summed E-state index contributed by atoms with van der Waals surface area (Å²) in [5, 5.41) is 13.6. The van der Waals surface area contributed by atoms with Crippen molar-refractivity contribution < 1.29 is 9.66 Å². The van der Waals surface area contributed by atoms with E-state index in [1.807, 2.05) is 22.6 Å². The van der Waals surface area contributed by atoms with Crippen LogP contribution in [0.15, 0.2) is 10.5 Å². The summed E-state index contributed by atoms with van der Waals surface area (Å²) in [4.78, 5) is 10.5. The van der Waals surface area contributed by atoms with Crippen molar-refractivity contribution in [2.24, 2.45) is 5.73 Å². The van der Waals surface area contributed by atoms with Crippen LogP contribution in [0, 0.1) is 13.7 Å². The molecule has 0 heterocycles. The lowest BCUT2D eigenvalue weighted by Crippen LogP contribution is -2.20. The van der Waals surface area contributed by atoms with Gasteiger partial charge in [0.05, 0.1) is 16.5 Å². The molecule has 0 aliphatic rings. The van der Waals surface area contributed by atoms with Gasteiger partial charge in [-0.1, -0.05) is 0 Å². The van der Waals surface area contributed by atoms with Crippen LogP contribution in [0.1, 0.15) is 0 Å². The Morgan fingerprint density at radius 1 is 1.76 bits per heavy atom. The highest BCUT2D eigenvalue weighted by atomic mass is 127. The SMILES string of the molecule is COc1c(Br)cc(I)c(NC(N)=S)c1[N+](=O)[O-]. The number of benzene rings is 1. The number of anilines is 1. The zero-order chi connectivity index (χ0) is 13.2. The number of hydrogen-bond acceptors (Lipinski definition) is 4. The van der Waals surface area contributed by atoms with Crippen molar-refractivity contribution in [2.45, 2.75) is 0 Å². The summed E-state index contributed by atoms with van der Waals surface area (Å²) in [5.41, 5.74) is 5.35. The van der Waals surface area contributed by atoms with Crippen molar-refractivity contribution in [1.82, 2.24) is 0 Å². The maximum Gasteiger partial charge on any atom is 0.336 e. The van der Waals surface area contributed by atoms with E-state index in [4.69, 9.17) is 10.5 Å². The highest BCUT2D eigenvalue weighted by Crippen LogP contribution is 2.43. The number of nitrogens with one attached hydrogen (secondary N) is 1. The minimum atomic E-state index is -0.549. The molecule has 0 aromatic heterocycles. The normalized spacial score (nSPS) is 9.82. The molecule has 0 radical (unpaired) electrons. The molecule has 0 unspecified atom stereocenters. The van der Waals surface area contributed by atoms with Crippen LogP contribution in [0.5, 0.6) is 5.75 Å². The summed E-state index contributed by atoms with van der Waals surface area (Å²) < 4.78 is 6.10. The van der Waals surface area contributed by atoms with E-state index in [2.05, 4.69) is 33.5 Å². The lowest BCUT2D eigenvalue weighted by atomic mass is 10.2. The first-order valence-electron chi connectivity index (χ1n) is 4.15. The lowest BCUT2D eigenvalue weighted by Gasteiger charge is -2.11. The molecule has 1 aromatic carbocycles. The zero-order valence-corrected chi connectivity index (χ0v) is 13.1. The topological polar surface area (TPSA) is 90.4 Å². The Morgan fingerprint density at radius 3 is 2.76 bits per heavy atom. The fourth-order valence-electron chi connectivity index (χ4n) is 1.20. The quantitative estimate of drug-likeness (QED) is 0.331. The average molecular weight is 432 g/mol. The number of nitro groups is 1. The number of nitrogens with two attached hydrogens (primary N) is 1. The van der Waals surface area contributed by atoms with Gasteiger partial charge in [-0.3, -0.25) is 10.1 Å². The molecule has 0 spiro atoms. The van der Waals surface area contributed by atoms with Crippen LogP contribution < -0.4 is 15.8 Å². The molecule has 0 fully saturated rings. The molecule has 92 valence electrons. The van der Waals surface area contributed by atoms with Crippen molar-refractivity contribution in [3.8, 4) is 5.75 Å². The molecule has 0 amide bonds. The average Bonchev–Trinajstić information content (AvgIpc) is 2.20. The van der Waals surface area contributed by atoms with Crippen molar-refractivity contribution in [2.75, 3.05) is 12.4 Å². The number of halogens is 2. The number of ether oxygens (including phenoxy) is 1. The molecule has 17 heavy (non-hydrogen) atoms. The number of hydrogen-bond donors (Lipinski definition) is 2. The molecule has 1 aromatic rings. The smallest absolute Gasteiger partial charge is 0.336 e. The monoisotopic (exact) mass is 431 g/mol. The van der Waals surface area contributed by atoms with E-state index in [0.717, 1.165) is 0 Å². The van der Waals surface area contributed by atoms with Gasteiger partial charge in [-0.2, -0.15) is 0 Å². The second-order valence-corrected chi connectivity index (χ2v) is 5.30. The molecule has 0 saturated carbocycles. The van der Waals surface area contributed by atoms with Gasteiger partial charge in [-0.15, -0.1) is 0 Å². The second kappa shape index (κ2) is 5.78. The van der Waals surface area contributed by atoms with Crippen molar-refractivity contribution in [1.29, 1.82) is 0 Å². The maximum atomic E-state index is 11.1. The lowest BCUT2D eigenvalue weighted by molar-refractivity contribution is -0.384. The third-order valence-electron chi connectivity index (χ3n) is 1.80. The van der Waals surface area contributed by atoms with Crippen molar-refractivity contribution >= 4 is 67.2 Å². The fraction of sp³-hybridized carbons (Fsp3) is 0.125. The molecule has 6 nitrogen and oxygen atoms in total. The van der Waals surface area contributed by atoms with Gasteiger partial charge in [0, 0.05) is 3.57 Å². The van der Waals surface area contributed by atoms with E-state index < -0.39 is 4.92 Å². The largest absolute Gasteiger partial charge is 0.489 e. The molecule has 0 aliphatic carbocycles. The number of rotatable bonds is 3. The summed E-state index contributed by atoms with van der Waals surface area (Å²) in [5.74, 6) is 0.120. The van der Waals surface area contributed by atoms with Crippen LogP contribution in [0.2, 0.25) is 0 Å². The van der Waals surface area contributed by atoms with Crippen LogP contribution in [0.3, 0.4) is 0 Å². The molecule has 0 atom stereocenters. The van der Waals surface area contributed by atoms with E-state index in [1.54, 1.807) is 6.07 Å². The number of nitro benzene ring substituents is 1. The van der Waals surface area contributed by atoms with Crippen LogP contribution in [-0.2, 0) is 0 Å². The summed E-state index contributed by atoms with van der Waals surface area (Å²) in [6.07, 6.45) is 0. The van der Waals surface area contributed by atoms with Crippen LogP contribution in [0.25, 0.3) is 0 Å². The van der Waals surface area contributed by atoms with E-state index in [-0.39, 0.29) is 22.2 Å².